The fraction of sp³-hybridized carbons (Fsp3) is 0.0714. The molecule has 2 rings (SSSR count). The standard InChI is InChI=1S/C14H8Cl2F2O2/c15-8-1-2-13(16)12(3-8)14(19)7-20-11-5-9(17)4-10(18)6-11/h1-6H,7H2. The SMILES string of the molecule is O=C(COc1cc(F)cc(F)c1)c1cc(Cl)ccc1Cl. The molecule has 0 aliphatic rings. The lowest BCUT2D eigenvalue weighted by Gasteiger charge is -2.07. The Morgan fingerprint density at radius 3 is 2.35 bits per heavy atom. The number of carbonyl (C=O) groups excluding carboxylic acids is 1. The van der Waals surface area contributed by atoms with Crippen LogP contribution in [0.15, 0.2) is 36.4 Å². The lowest BCUT2D eigenvalue weighted by Crippen LogP contribution is -2.12. The third-order valence-electron chi connectivity index (χ3n) is 2.43. The highest BCUT2D eigenvalue weighted by molar-refractivity contribution is 6.35. The Morgan fingerprint density at radius 1 is 1.05 bits per heavy atom. The molecule has 0 amide bonds. The number of hydrogen-bond acceptors (Lipinski definition) is 2. The van der Waals surface area contributed by atoms with Crippen molar-refractivity contribution >= 4 is 29.0 Å². The van der Waals surface area contributed by atoms with E-state index in [-0.39, 0.29) is 16.3 Å². The molecule has 104 valence electrons. The highest BCUT2D eigenvalue weighted by atomic mass is 35.5. The van der Waals surface area contributed by atoms with Crippen molar-refractivity contribution in [1.82, 2.24) is 0 Å². The molecule has 0 fully saturated rings. The number of halogens is 4. The maximum Gasteiger partial charge on any atom is 0.201 e. The van der Waals surface area contributed by atoms with Crippen molar-refractivity contribution in [1.29, 1.82) is 0 Å². The van der Waals surface area contributed by atoms with Gasteiger partial charge in [-0.1, -0.05) is 23.2 Å². The minimum atomic E-state index is -0.784. The van der Waals surface area contributed by atoms with Gasteiger partial charge in [0.2, 0.25) is 5.78 Å². The van der Waals surface area contributed by atoms with Gasteiger partial charge in [-0.2, -0.15) is 0 Å². The Morgan fingerprint density at radius 2 is 1.70 bits per heavy atom. The molecule has 0 spiro atoms. The third kappa shape index (κ3) is 3.68. The fourth-order valence-corrected chi connectivity index (χ4v) is 1.94. The summed E-state index contributed by atoms with van der Waals surface area (Å²) in [6.45, 7) is -0.400. The number of carbonyl (C=O) groups is 1. The molecule has 0 heterocycles. The molecule has 2 nitrogen and oxygen atoms in total. The summed E-state index contributed by atoms with van der Waals surface area (Å²) < 4.78 is 30.9. The third-order valence-corrected chi connectivity index (χ3v) is 3.00. The summed E-state index contributed by atoms with van der Waals surface area (Å²) in [4.78, 5) is 11.9. The second kappa shape index (κ2) is 6.20. The van der Waals surface area contributed by atoms with Gasteiger partial charge in [-0.3, -0.25) is 4.79 Å². The van der Waals surface area contributed by atoms with Gasteiger partial charge in [0, 0.05) is 28.8 Å². The van der Waals surface area contributed by atoms with Crippen molar-refractivity contribution in [2.75, 3.05) is 6.61 Å². The minimum Gasteiger partial charge on any atom is -0.485 e. The van der Waals surface area contributed by atoms with Gasteiger partial charge in [0.1, 0.15) is 17.4 Å². The van der Waals surface area contributed by atoms with Crippen molar-refractivity contribution < 1.29 is 18.3 Å². The van der Waals surface area contributed by atoms with Crippen LogP contribution in [0.4, 0.5) is 8.78 Å². The largest absolute Gasteiger partial charge is 0.485 e. The molecule has 0 aromatic heterocycles. The molecule has 0 saturated heterocycles. The molecule has 2 aromatic carbocycles. The van der Waals surface area contributed by atoms with Gasteiger partial charge in [-0.15, -0.1) is 0 Å². The molecular weight excluding hydrogens is 309 g/mol. The first kappa shape index (κ1) is 14.8. The monoisotopic (exact) mass is 316 g/mol. The van der Waals surface area contributed by atoms with E-state index in [1.54, 1.807) is 6.07 Å². The summed E-state index contributed by atoms with van der Waals surface area (Å²) in [6, 6.07) is 7.11. The van der Waals surface area contributed by atoms with Crippen molar-refractivity contribution in [3.8, 4) is 5.75 Å². The van der Waals surface area contributed by atoms with Gasteiger partial charge < -0.3 is 4.74 Å². The smallest absolute Gasteiger partial charge is 0.201 e. The Labute approximate surface area is 123 Å². The molecular formula is C14H8Cl2F2O2. The number of ketones is 1. The van der Waals surface area contributed by atoms with Crippen molar-refractivity contribution in [3.05, 3.63) is 63.6 Å². The van der Waals surface area contributed by atoms with Crippen molar-refractivity contribution in [3.63, 3.8) is 0 Å². The lowest BCUT2D eigenvalue weighted by atomic mass is 10.1. The summed E-state index contributed by atoms with van der Waals surface area (Å²) in [7, 11) is 0. The van der Waals surface area contributed by atoms with Crippen LogP contribution in [0.5, 0.6) is 5.75 Å². The zero-order chi connectivity index (χ0) is 14.7. The predicted octanol–water partition coefficient (Wildman–Crippen LogP) is 4.53. The van der Waals surface area contributed by atoms with Gasteiger partial charge in [-0.05, 0) is 18.2 Å². The first-order valence-corrected chi connectivity index (χ1v) is 6.28. The number of benzene rings is 2. The summed E-state index contributed by atoms with van der Waals surface area (Å²) in [5, 5.41) is 0.586. The molecule has 0 N–H and O–H groups in total. The minimum absolute atomic E-state index is 0.0750. The van der Waals surface area contributed by atoms with E-state index in [0.29, 0.717) is 11.1 Å². The van der Waals surface area contributed by atoms with Crippen LogP contribution in [-0.2, 0) is 0 Å². The molecule has 2 aromatic rings. The molecule has 0 saturated carbocycles. The van der Waals surface area contributed by atoms with Crippen molar-refractivity contribution in [2.45, 2.75) is 0 Å². The van der Waals surface area contributed by atoms with Gasteiger partial charge in [-0.25, -0.2) is 8.78 Å². The average Bonchev–Trinajstić information content (AvgIpc) is 2.38. The van der Waals surface area contributed by atoms with Crippen LogP contribution in [-0.4, -0.2) is 12.4 Å². The van der Waals surface area contributed by atoms with Crippen LogP contribution >= 0.6 is 23.2 Å². The Hall–Kier alpha value is -1.65. The molecule has 20 heavy (non-hydrogen) atoms. The van der Waals surface area contributed by atoms with Crippen LogP contribution in [0.25, 0.3) is 0 Å². The van der Waals surface area contributed by atoms with E-state index in [9.17, 15) is 13.6 Å². The number of ether oxygens (including phenoxy) is 1. The molecule has 0 bridgehead atoms. The number of hydrogen-bond donors (Lipinski definition) is 0. The molecule has 0 unspecified atom stereocenters. The van der Waals surface area contributed by atoms with E-state index in [1.165, 1.54) is 12.1 Å². The maximum atomic E-state index is 12.9. The zero-order valence-electron chi connectivity index (χ0n) is 10.00. The summed E-state index contributed by atoms with van der Waals surface area (Å²) in [5.41, 5.74) is 0.191. The highest BCUT2D eigenvalue weighted by Crippen LogP contribution is 2.22. The highest BCUT2D eigenvalue weighted by Gasteiger charge is 2.12. The predicted molar refractivity (Wildman–Crippen MR) is 72.6 cm³/mol. The number of rotatable bonds is 4. The van der Waals surface area contributed by atoms with Crippen LogP contribution in [0.2, 0.25) is 10.0 Å². The second-order valence-corrected chi connectivity index (χ2v) is 4.78. The van der Waals surface area contributed by atoms with Gasteiger partial charge in [0.05, 0.1) is 5.02 Å². The lowest BCUT2D eigenvalue weighted by molar-refractivity contribution is 0.0921. The first-order valence-electron chi connectivity index (χ1n) is 5.53. The maximum absolute atomic E-state index is 12.9. The molecule has 0 aliphatic heterocycles. The molecule has 0 radical (unpaired) electrons. The van der Waals surface area contributed by atoms with E-state index in [4.69, 9.17) is 27.9 Å². The molecule has 6 heteroatoms. The normalized spacial score (nSPS) is 10.4. The molecule has 0 atom stereocenters. The van der Waals surface area contributed by atoms with Crippen LogP contribution < -0.4 is 4.74 Å². The van der Waals surface area contributed by atoms with E-state index >= 15 is 0 Å². The Bertz CT molecular complexity index is 639. The second-order valence-electron chi connectivity index (χ2n) is 3.94. The quantitative estimate of drug-likeness (QED) is 0.774. The summed E-state index contributed by atoms with van der Waals surface area (Å²) >= 11 is 11.6. The van der Waals surface area contributed by atoms with Crippen LogP contribution in [0.1, 0.15) is 10.4 Å². The average molecular weight is 317 g/mol. The number of Topliss-reactive ketones (excluding diaryl/α,β-unsaturated/α-hetero) is 1. The van der Waals surface area contributed by atoms with Gasteiger partial charge in [0.15, 0.2) is 6.61 Å². The summed E-state index contributed by atoms with van der Waals surface area (Å²) in [6.07, 6.45) is 0. The first-order chi connectivity index (χ1) is 9.45. The van der Waals surface area contributed by atoms with E-state index < -0.39 is 24.0 Å². The van der Waals surface area contributed by atoms with Gasteiger partial charge >= 0.3 is 0 Å². The topological polar surface area (TPSA) is 26.3 Å². The van der Waals surface area contributed by atoms with Crippen molar-refractivity contribution in [2.24, 2.45) is 0 Å². The molecule has 0 aliphatic carbocycles. The van der Waals surface area contributed by atoms with E-state index in [2.05, 4.69) is 0 Å². The Balaban J connectivity index is 2.10. The zero-order valence-corrected chi connectivity index (χ0v) is 11.5. The van der Waals surface area contributed by atoms with Crippen LogP contribution in [0.3, 0.4) is 0 Å². The van der Waals surface area contributed by atoms with E-state index in [0.717, 1.165) is 12.1 Å². The van der Waals surface area contributed by atoms with Crippen LogP contribution in [0, 0.1) is 11.6 Å². The Kier molecular flexibility index (Phi) is 4.57. The van der Waals surface area contributed by atoms with E-state index in [1.807, 2.05) is 0 Å². The van der Waals surface area contributed by atoms with Gasteiger partial charge in [0.25, 0.3) is 0 Å². The summed E-state index contributed by atoms with van der Waals surface area (Å²) in [5.74, 6) is -2.09. The fourth-order valence-electron chi connectivity index (χ4n) is 1.55.